The van der Waals surface area contributed by atoms with E-state index in [1.165, 1.54) is 4.90 Å². The van der Waals surface area contributed by atoms with Crippen molar-refractivity contribution >= 4 is 29.5 Å². The second-order valence-corrected chi connectivity index (χ2v) is 7.17. The number of aliphatic hydroxyl groups is 1. The van der Waals surface area contributed by atoms with E-state index in [9.17, 15) is 19.5 Å². The third kappa shape index (κ3) is 4.66. The van der Waals surface area contributed by atoms with Gasteiger partial charge in [0.2, 0.25) is 0 Å². The molecule has 6 heteroatoms. The SMILES string of the molecule is Cc1ccc(C(O)=C2C(=O)C(=O)N(CCCC(=O)O)[C@@H]2/C=C/c2ccccc2)cc1. The summed E-state index contributed by atoms with van der Waals surface area (Å²) >= 11 is 0. The summed E-state index contributed by atoms with van der Waals surface area (Å²) in [6, 6.07) is 15.6. The summed E-state index contributed by atoms with van der Waals surface area (Å²) in [6.45, 7) is 2.01. The molecule has 0 spiro atoms. The van der Waals surface area contributed by atoms with Crippen LogP contribution in [0.4, 0.5) is 0 Å². The van der Waals surface area contributed by atoms with E-state index < -0.39 is 23.7 Å². The molecule has 1 saturated heterocycles. The zero-order valence-electron chi connectivity index (χ0n) is 16.6. The van der Waals surface area contributed by atoms with Crippen LogP contribution in [0.5, 0.6) is 0 Å². The van der Waals surface area contributed by atoms with Gasteiger partial charge in [0.05, 0.1) is 11.6 Å². The summed E-state index contributed by atoms with van der Waals surface area (Å²) in [5, 5.41) is 19.8. The number of aliphatic carboxylic acids is 1. The average molecular weight is 405 g/mol. The van der Waals surface area contributed by atoms with Gasteiger partial charge in [0.15, 0.2) is 0 Å². The predicted molar refractivity (Wildman–Crippen MR) is 114 cm³/mol. The zero-order chi connectivity index (χ0) is 21.7. The van der Waals surface area contributed by atoms with Crippen LogP contribution in [-0.4, -0.2) is 45.4 Å². The van der Waals surface area contributed by atoms with Crippen LogP contribution in [-0.2, 0) is 14.4 Å². The van der Waals surface area contributed by atoms with E-state index in [4.69, 9.17) is 5.11 Å². The van der Waals surface area contributed by atoms with Crippen LogP contribution in [0.3, 0.4) is 0 Å². The fraction of sp³-hybridized carbons (Fsp3) is 0.208. The van der Waals surface area contributed by atoms with Crippen molar-refractivity contribution < 1.29 is 24.6 Å². The van der Waals surface area contributed by atoms with Crippen LogP contribution in [0.2, 0.25) is 0 Å². The van der Waals surface area contributed by atoms with Crippen molar-refractivity contribution in [3.8, 4) is 0 Å². The molecule has 1 aliphatic heterocycles. The maximum Gasteiger partial charge on any atom is 0.303 e. The molecule has 0 aromatic heterocycles. The summed E-state index contributed by atoms with van der Waals surface area (Å²) in [5.74, 6) is -2.72. The molecule has 1 atom stereocenters. The van der Waals surface area contributed by atoms with Gasteiger partial charge in [-0.05, 0) is 18.9 Å². The molecule has 30 heavy (non-hydrogen) atoms. The molecule has 2 aromatic rings. The first-order valence-corrected chi connectivity index (χ1v) is 9.69. The van der Waals surface area contributed by atoms with Crippen LogP contribution in [0.25, 0.3) is 11.8 Å². The van der Waals surface area contributed by atoms with Gasteiger partial charge in [0.1, 0.15) is 5.76 Å². The average Bonchev–Trinajstić information content (AvgIpc) is 2.97. The lowest BCUT2D eigenvalue weighted by molar-refractivity contribution is -0.140. The van der Waals surface area contributed by atoms with Crippen molar-refractivity contribution in [1.29, 1.82) is 0 Å². The highest BCUT2D eigenvalue weighted by atomic mass is 16.4. The fourth-order valence-electron chi connectivity index (χ4n) is 3.38. The second-order valence-electron chi connectivity index (χ2n) is 7.17. The minimum Gasteiger partial charge on any atom is -0.507 e. The first-order chi connectivity index (χ1) is 14.4. The Balaban J connectivity index is 2.01. The number of carboxylic acids is 1. The Bertz CT molecular complexity index is 1010. The van der Waals surface area contributed by atoms with Crippen LogP contribution in [0.15, 0.2) is 66.2 Å². The normalized spacial score (nSPS) is 18.3. The number of aryl methyl sites for hydroxylation is 1. The van der Waals surface area contributed by atoms with Gasteiger partial charge in [0.25, 0.3) is 11.7 Å². The number of benzene rings is 2. The monoisotopic (exact) mass is 405 g/mol. The van der Waals surface area contributed by atoms with Gasteiger partial charge in [-0.15, -0.1) is 0 Å². The van der Waals surface area contributed by atoms with E-state index in [0.717, 1.165) is 11.1 Å². The zero-order valence-corrected chi connectivity index (χ0v) is 16.6. The van der Waals surface area contributed by atoms with Gasteiger partial charge in [0, 0.05) is 18.5 Å². The van der Waals surface area contributed by atoms with Gasteiger partial charge in [-0.2, -0.15) is 0 Å². The molecule has 6 nitrogen and oxygen atoms in total. The summed E-state index contributed by atoms with van der Waals surface area (Å²) in [4.78, 5) is 37.6. The Labute approximate surface area is 174 Å². The van der Waals surface area contributed by atoms with Crippen molar-refractivity contribution in [2.45, 2.75) is 25.8 Å². The maximum atomic E-state index is 12.8. The van der Waals surface area contributed by atoms with E-state index in [1.54, 1.807) is 24.3 Å². The molecule has 1 amide bonds. The highest BCUT2D eigenvalue weighted by Crippen LogP contribution is 2.30. The highest BCUT2D eigenvalue weighted by Gasteiger charge is 2.43. The molecule has 1 aliphatic rings. The molecule has 2 N–H and O–H groups in total. The standard InChI is InChI=1S/C24H23NO5/c1-16-9-12-18(13-10-16)22(28)21-19(14-11-17-6-3-2-4-7-17)25(24(30)23(21)29)15-5-8-20(26)27/h2-4,6-7,9-14,19,28H,5,8,15H2,1H3,(H,26,27)/b14-11+,22-21?/t19-/m1/s1. The Kier molecular flexibility index (Phi) is 6.47. The Hall–Kier alpha value is -3.67. The summed E-state index contributed by atoms with van der Waals surface area (Å²) in [5.41, 5.74) is 2.33. The van der Waals surface area contributed by atoms with Crippen LogP contribution < -0.4 is 0 Å². The predicted octanol–water partition coefficient (Wildman–Crippen LogP) is 3.62. The van der Waals surface area contributed by atoms with E-state index in [-0.39, 0.29) is 30.7 Å². The number of ketones is 1. The number of aliphatic hydroxyl groups excluding tert-OH is 1. The molecular weight excluding hydrogens is 382 g/mol. The quantitative estimate of drug-likeness (QED) is 0.417. The smallest absolute Gasteiger partial charge is 0.303 e. The molecule has 0 bridgehead atoms. The van der Waals surface area contributed by atoms with Gasteiger partial charge in [-0.3, -0.25) is 14.4 Å². The van der Waals surface area contributed by atoms with E-state index in [2.05, 4.69) is 0 Å². The number of carbonyl (C=O) groups excluding carboxylic acids is 2. The molecule has 2 aromatic carbocycles. The van der Waals surface area contributed by atoms with Crippen molar-refractivity contribution in [1.82, 2.24) is 4.90 Å². The first kappa shape index (κ1) is 21.0. The Morgan fingerprint density at radius 1 is 1.03 bits per heavy atom. The largest absolute Gasteiger partial charge is 0.507 e. The number of amides is 1. The molecular formula is C24H23NO5. The Morgan fingerprint density at radius 3 is 2.33 bits per heavy atom. The van der Waals surface area contributed by atoms with E-state index in [0.29, 0.717) is 5.56 Å². The molecule has 1 fully saturated rings. The summed E-state index contributed by atoms with van der Waals surface area (Å²) < 4.78 is 0. The van der Waals surface area contributed by atoms with Gasteiger partial charge in [-0.25, -0.2) is 0 Å². The fourth-order valence-corrected chi connectivity index (χ4v) is 3.38. The molecule has 0 radical (unpaired) electrons. The first-order valence-electron chi connectivity index (χ1n) is 9.69. The molecule has 1 heterocycles. The molecule has 154 valence electrons. The molecule has 3 rings (SSSR count). The summed E-state index contributed by atoms with van der Waals surface area (Å²) in [6.07, 6.45) is 3.57. The molecule has 0 unspecified atom stereocenters. The molecule has 0 saturated carbocycles. The number of hydrogen-bond acceptors (Lipinski definition) is 4. The number of hydrogen-bond donors (Lipinski definition) is 2. The second kappa shape index (κ2) is 9.22. The van der Waals surface area contributed by atoms with E-state index >= 15 is 0 Å². The number of carboxylic acid groups (broad SMARTS) is 1. The van der Waals surface area contributed by atoms with Crippen molar-refractivity contribution in [2.24, 2.45) is 0 Å². The van der Waals surface area contributed by atoms with Gasteiger partial charge >= 0.3 is 5.97 Å². The number of carbonyl (C=O) groups is 3. The van der Waals surface area contributed by atoms with Crippen LogP contribution in [0.1, 0.15) is 29.5 Å². The molecule has 0 aliphatic carbocycles. The minimum atomic E-state index is -0.970. The highest BCUT2D eigenvalue weighted by molar-refractivity contribution is 6.47. The lowest BCUT2D eigenvalue weighted by Crippen LogP contribution is -2.34. The lowest BCUT2D eigenvalue weighted by atomic mass is 9.99. The van der Waals surface area contributed by atoms with Crippen molar-refractivity contribution in [2.75, 3.05) is 6.54 Å². The maximum absolute atomic E-state index is 12.8. The lowest BCUT2D eigenvalue weighted by Gasteiger charge is -2.22. The van der Waals surface area contributed by atoms with E-state index in [1.807, 2.05) is 49.4 Å². The third-order valence-corrected chi connectivity index (χ3v) is 4.97. The third-order valence-electron chi connectivity index (χ3n) is 4.97. The van der Waals surface area contributed by atoms with Crippen molar-refractivity contribution in [3.05, 3.63) is 82.9 Å². The topological polar surface area (TPSA) is 94.9 Å². The van der Waals surface area contributed by atoms with Gasteiger partial charge < -0.3 is 15.1 Å². The number of rotatable bonds is 7. The Morgan fingerprint density at radius 2 is 1.70 bits per heavy atom. The van der Waals surface area contributed by atoms with Crippen LogP contribution >= 0.6 is 0 Å². The van der Waals surface area contributed by atoms with Gasteiger partial charge in [-0.1, -0.05) is 72.3 Å². The number of Topliss-reactive ketones (excluding diaryl/α,β-unsaturated/α-hetero) is 1. The van der Waals surface area contributed by atoms with Crippen LogP contribution in [0, 0.1) is 6.92 Å². The summed E-state index contributed by atoms with van der Waals surface area (Å²) in [7, 11) is 0. The van der Waals surface area contributed by atoms with Crippen molar-refractivity contribution in [3.63, 3.8) is 0 Å². The minimum absolute atomic E-state index is 0.00589. The number of likely N-dealkylation sites (tertiary alicyclic amines) is 1. The number of nitrogens with zero attached hydrogens (tertiary/aromatic N) is 1.